The molecule has 0 bridgehead atoms. The summed E-state index contributed by atoms with van der Waals surface area (Å²) in [5.74, 6) is -0.314. The van der Waals surface area contributed by atoms with Gasteiger partial charge in [0.15, 0.2) is 9.84 Å². The van der Waals surface area contributed by atoms with Crippen molar-refractivity contribution in [3.05, 3.63) is 53.6 Å². The van der Waals surface area contributed by atoms with Crippen molar-refractivity contribution in [1.82, 2.24) is 0 Å². The number of carbonyl (C=O) groups excluding carboxylic acids is 2. The van der Waals surface area contributed by atoms with Gasteiger partial charge in [-0.15, -0.1) is 0 Å². The van der Waals surface area contributed by atoms with Gasteiger partial charge in [0.1, 0.15) is 0 Å². The van der Waals surface area contributed by atoms with E-state index in [1.54, 1.807) is 31.0 Å². The van der Waals surface area contributed by atoms with Crippen LogP contribution in [0, 0.1) is 6.92 Å². The zero-order valence-corrected chi connectivity index (χ0v) is 18.0. The molecular weight excluding hydrogens is 388 g/mol. The van der Waals surface area contributed by atoms with Crippen molar-refractivity contribution in [3.8, 4) is 0 Å². The molecule has 1 aliphatic heterocycles. The molecule has 1 atom stereocenters. The summed E-state index contributed by atoms with van der Waals surface area (Å²) in [4.78, 5) is 27.7. The van der Waals surface area contributed by atoms with E-state index < -0.39 is 15.1 Å². The van der Waals surface area contributed by atoms with Crippen molar-refractivity contribution < 1.29 is 18.0 Å². The molecule has 0 fully saturated rings. The topological polar surface area (TPSA) is 74.8 Å². The molecule has 0 saturated heterocycles. The zero-order chi connectivity index (χ0) is 21.3. The number of hydrogen-bond donors (Lipinski definition) is 0. The normalized spacial score (nSPS) is 14.4. The zero-order valence-electron chi connectivity index (χ0n) is 17.2. The lowest BCUT2D eigenvalue weighted by Crippen LogP contribution is -2.31. The van der Waals surface area contributed by atoms with E-state index in [9.17, 15) is 18.0 Å². The Balaban J connectivity index is 1.76. The molecule has 6 nitrogen and oxygen atoms in total. The first kappa shape index (κ1) is 21.0. The van der Waals surface area contributed by atoms with Crippen molar-refractivity contribution in [2.24, 2.45) is 0 Å². The van der Waals surface area contributed by atoms with Crippen molar-refractivity contribution >= 4 is 33.0 Å². The number of amides is 2. The van der Waals surface area contributed by atoms with E-state index in [0.29, 0.717) is 13.0 Å². The van der Waals surface area contributed by atoms with Crippen molar-refractivity contribution in [1.29, 1.82) is 0 Å². The number of aryl methyl sites for hydroxylation is 1. The minimum Gasteiger partial charge on any atom is -0.315 e. The van der Waals surface area contributed by atoms with Crippen LogP contribution in [0.5, 0.6) is 0 Å². The van der Waals surface area contributed by atoms with Crippen LogP contribution in [0.25, 0.3) is 0 Å². The maximum absolute atomic E-state index is 13.0. The molecule has 154 valence electrons. The summed E-state index contributed by atoms with van der Waals surface area (Å²) in [5.41, 5.74) is 3.42. The molecule has 2 aromatic carbocycles. The van der Waals surface area contributed by atoms with Crippen molar-refractivity contribution in [3.63, 3.8) is 0 Å². The van der Waals surface area contributed by atoms with Gasteiger partial charge in [0.25, 0.3) is 0 Å². The van der Waals surface area contributed by atoms with Gasteiger partial charge in [0.2, 0.25) is 11.8 Å². The molecule has 0 radical (unpaired) electrons. The smallest absolute Gasteiger partial charge is 0.228 e. The number of rotatable bonds is 5. The number of carbonyl (C=O) groups is 2. The average Bonchev–Trinajstić information content (AvgIpc) is 3.11. The van der Waals surface area contributed by atoms with Crippen LogP contribution in [0.2, 0.25) is 0 Å². The second-order valence-corrected chi connectivity index (χ2v) is 9.93. The number of fused-ring (bicyclic) bond motifs is 1. The second-order valence-electron chi connectivity index (χ2n) is 7.56. The van der Waals surface area contributed by atoms with Gasteiger partial charge in [0, 0.05) is 38.3 Å². The predicted octanol–water partition coefficient (Wildman–Crippen LogP) is 3.12. The number of nitrogens with zero attached hydrogens (tertiary/aromatic N) is 2. The van der Waals surface area contributed by atoms with E-state index in [-0.39, 0.29) is 23.1 Å². The number of anilines is 2. The summed E-state index contributed by atoms with van der Waals surface area (Å²) in [7, 11) is -2.02. The Labute approximate surface area is 172 Å². The fraction of sp³-hybridized carbons (Fsp3) is 0.364. The van der Waals surface area contributed by atoms with Crippen LogP contribution in [0.15, 0.2) is 47.4 Å². The summed E-state index contributed by atoms with van der Waals surface area (Å²) in [6, 6.07) is 12.4. The Bertz CT molecular complexity index is 1040. The Morgan fingerprint density at radius 2 is 1.79 bits per heavy atom. The summed E-state index contributed by atoms with van der Waals surface area (Å²) >= 11 is 0. The highest BCUT2D eigenvalue weighted by Gasteiger charge is 2.30. The van der Waals surface area contributed by atoms with Gasteiger partial charge >= 0.3 is 0 Å². The van der Waals surface area contributed by atoms with Gasteiger partial charge in [-0.05, 0) is 56.2 Å². The number of benzene rings is 2. The minimum absolute atomic E-state index is 0.0579. The summed E-state index contributed by atoms with van der Waals surface area (Å²) in [5, 5.41) is -0.855. The molecule has 29 heavy (non-hydrogen) atoms. The molecule has 1 heterocycles. The fourth-order valence-corrected chi connectivity index (χ4v) is 4.91. The quantitative estimate of drug-likeness (QED) is 0.753. The second kappa shape index (κ2) is 7.99. The Morgan fingerprint density at radius 3 is 2.41 bits per heavy atom. The third-order valence-electron chi connectivity index (χ3n) is 5.44. The van der Waals surface area contributed by atoms with Crippen LogP contribution in [0.1, 0.15) is 31.4 Å². The summed E-state index contributed by atoms with van der Waals surface area (Å²) in [6.45, 7) is 5.58. The van der Waals surface area contributed by atoms with Crippen LogP contribution in [-0.2, 0) is 25.8 Å². The Morgan fingerprint density at radius 1 is 1.14 bits per heavy atom. The van der Waals surface area contributed by atoms with Crippen LogP contribution in [0.4, 0.5) is 11.4 Å². The number of sulfone groups is 1. The van der Waals surface area contributed by atoms with Gasteiger partial charge in [-0.2, -0.15) is 0 Å². The molecule has 2 aromatic rings. The largest absolute Gasteiger partial charge is 0.315 e. The molecule has 0 aliphatic carbocycles. The number of hydrogen-bond acceptors (Lipinski definition) is 4. The summed E-state index contributed by atoms with van der Waals surface area (Å²) < 4.78 is 26.1. The SMILES string of the molecule is CC(=O)N1CCc2cc(S(=O)(=O)C(C)CC(=O)N(C)c3ccc(C)cc3)ccc21. The lowest BCUT2D eigenvalue weighted by atomic mass is 10.2. The van der Waals surface area contributed by atoms with E-state index >= 15 is 0 Å². The molecule has 0 aromatic heterocycles. The molecule has 0 saturated carbocycles. The molecule has 0 spiro atoms. The molecule has 1 aliphatic rings. The van der Waals surface area contributed by atoms with Gasteiger partial charge in [-0.25, -0.2) is 8.42 Å². The molecule has 7 heteroatoms. The highest BCUT2D eigenvalue weighted by molar-refractivity contribution is 7.92. The predicted molar refractivity (Wildman–Crippen MR) is 114 cm³/mol. The van der Waals surface area contributed by atoms with Crippen LogP contribution in [0.3, 0.4) is 0 Å². The van der Waals surface area contributed by atoms with Gasteiger partial charge in [-0.3, -0.25) is 9.59 Å². The highest BCUT2D eigenvalue weighted by Crippen LogP contribution is 2.31. The van der Waals surface area contributed by atoms with Gasteiger partial charge < -0.3 is 9.80 Å². The van der Waals surface area contributed by atoms with E-state index in [1.165, 1.54) is 17.9 Å². The first-order valence-electron chi connectivity index (χ1n) is 9.59. The fourth-order valence-electron chi connectivity index (χ4n) is 3.52. The lowest BCUT2D eigenvalue weighted by Gasteiger charge is -2.20. The van der Waals surface area contributed by atoms with Crippen molar-refractivity contribution in [2.75, 3.05) is 23.4 Å². The van der Waals surface area contributed by atoms with E-state index in [1.807, 2.05) is 31.2 Å². The minimum atomic E-state index is -3.67. The van der Waals surface area contributed by atoms with Crippen LogP contribution < -0.4 is 9.80 Å². The molecule has 0 N–H and O–H groups in total. The van der Waals surface area contributed by atoms with Crippen LogP contribution >= 0.6 is 0 Å². The first-order chi connectivity index (χ1) is 13.6. The first-order valence-corrected chi connectivity index (χ1v) is 11.1. The maximum atomic E-state index is 13.0. The molecule has 3 rings (SSSR count). The summed E-state index contributed by atoms with van der Waals surface area (Å²) in [6.07, 6.45) is 0.519. The third kappa shape index (κ3) is 4.19. The third-order valence-corrected chi connectivity index (χ3v) is 7.58. The van der Waals surface area contributed by atoms with Gasteiger partial charge in [0.05, 0.1) is 10.1 Å². The maximum Gasteiger partial charge on any atom is 0.228 e. The highest BCUT2D eigenvalue weighted by atomic mass is 32.2. The lowest BCUT2D eigenvalue weighted by molar-refractivity contribution is -0.118. The molecule has 1 unspecified atom stereocenters. The van der Waals surface area contributed by atoms with E-state index in [0.717, 1.165) is 22.5 Å². The standard InChI is InChI=1S/C22H26N2O4S/c1-15-5-7-19(8-6-15)23(4)22(26)13-16(2)29(27,28)20-9-10-21-18(14-20)11-12-24(21)17(3)25/h5-10,14,16H,11-13H2,1-4H3. The average molecular weight is 415 g/mol. The monoisotopic (exact) mass is 414 g/mol. The van der Waals surface area contributed by atoms with E-state index in [2.05, 4.69) is 0 Å². The van der Waals surface area contributed by atoms with E-state index in [4.69, 9.17) is 0 Å². The van der Waals surface area contributed by atoms with Crippen LogP contribution in [-0.4, -0.2) is 39.1 Å². The van der Waals surface area contributed by atoms with Crippen molar-refractivity contribution in [2.45, 2.75) is 43.8 Å². The molecular formula is C22H26N2O4S. The molecule has 2 amide bonds. The Hall–Kier alpha value is -2.67. The van der Waals surface area contributed by atoms with Gasteiger partial charge in [-0.1, -0.05) is 17.7 Å². The Kier molecular flexibility index (Phi) is 5.80.